The van der Waals surface area contributed by atoms with E-state index in [9.17, 15) is 0 Å². The third kappa shape index (κ3) is 3.91. The molecule has 2 rings (SSSR count). The summed E-state index contributed by atoms with van der Waals surface area (Å²) in [6.45, 7) is 5.07. The highest BCUT2D eigenvalue weighted by Crippen LogP contribution is 2.12. The van der Waals surface area contributed by atoms with Crippen LogP contribution in [0, 0.1) is 0 Å². The molecule has 0 bridgehead atoms. The van der Waals surface area contributed by atoms with Crippen LogP contribution < -0.4 is 5.32 Å². The monoisotopic (exact) mass is 247 g/mol. The van der Waals surface area contributed by atoms with Gasteiger partial charge < -0.3 is 5.32 Å². The summed E-state index contributed by atoms with van der Waals surface area (Å²) >= 11 is 1.75. The Morgan fingerprint density at radius 3 is 2.94 bits per heavy atom. The summed E-state index contributed by atoms with van der Waals surface area (Å²) in [7, 11) is 0. The highest BCUT2D eigenvalue weighted by atomic mass is 32.1. The van der Waals surface area contributed by atoms with Gasteiger partial charge in [0.1, 0.15) is 5.82 Å². The minimum atomic E-state index is 0.478. The topological polar surface area (TPSA) is 37.8 Å². The smallest absolute Gasteiger partial charge is 0.133 e. The standard InChI is InChI=1S/C13H17N3S/c1-10(2)15-9-11-5-6-14-13(16-11)8-12-4-3-7-17-12/h3-7,10,15H,8-9H2,1-2H3. The summed E-state index contributed by atoms with van der Waals surface area (Å²) in [5, 5.41) is 5.44. The first-order chi connectivity index (χ1) is 8.24. The van der Waals surface area contributed by atoms with Crippen molar-refractivity contribution in [1.82, 2.24) is 15.3 Å². The van der Waals surface area contributed by atoms with Gasteiger partial charge >= 0.3 is 0 Å². The summed E-state index contributed by atoms with van der Waals surface area (Å²) in [6.07, 6.45) is 2.67. The second-order valence-electron chi connectivity index (χ2n) is 4.26. The lowest BCUT2D eigenvalue weighted by atomic mass is 10.3. The van der Waals surface area contributed by atoms with Crippen LogP contribution in [0.1, 0.15) is 30.2 Å². The Balaban J connectivity index is 2.01. The molecular weight excluding hydrogens is 230 g/mol. The van der Waals surface area contributed by atoms with Gasteiger partial charge in [0.2, 0.25) is 0 Å². The summed E-state index contributed by atoms with van der Waals surface area (Å²) < 4.78 is 0. The second kappa shape index (κ2) is 5.89. The lowest BCUT2D eigenvalue weighted by Gasteiger charge is -2.07. The predicted octanol–water partition coefficient (Wildman–Crippen LogP) is 2.63. The molecule has 2 aromatic heterocycles. The van der Waals surface area contributed by atoms with Gasteiger partial charge in [0.05, 0.1) is 5.69 Å². The normalized spacial score (nSPS) is 11.0. The van der Waals surface area contributed by atoms with Crippen molar-refractivity contribution in [1.29, 1.82) is 0 Å². The Labute approximate surface area is 106 Å². The number of hydrogen-bond acceptors (Lipinski definition) is 4. The number of hydrogen-bond donors (Lipinski definition) is 1. The van der Waals surface area contributed by atoms with Gasteiger partial charge in [-0.05, 0) is 17.5 Å². The third-order valence-corrected chi connectivity index (χ3v) is 3.24. The van der Waals surface area contributed by atoms with E-state index < -0.39 is 0 Å². The van der Waals surface area contributed by atoms with Gasteiger partial charge in [-0.15, -0.1) is 11.3 Å². The van der Waals surface area contributed by atoms with Crippen molar-refractivity contribution in [2.45, 2.75) is 32.9 Å². The molecule has 0 unspecified atom stereocenters. The van der Waals surface area contributed by atoms with Crippen molar-refractivity contribution < 1.29 is 0 Å². The fourth-order valence-electron chi connectivity index (χ4n) is 1.50. The van der Waals surface area contributed by atoms with E-state index in [1.165, 1.54) is 4.88 Å². The third-order valence-electron chi connectivity index (χ3n) is 2.37. The lowest BCUT2D eigenvalue weighted by molar-refractivity contribution is 0.579. The minimum Gasteiger partial charge on any atom is -0.309 e. The molecule has 3 nitrogen and oxygen atoms in total. The molecule has 17 heavy (non-hydrogen) atoms. The summed E-state index contributed by atoms with van der Waals surface area (Å²) in [6, 6.07) is 6.62. The van der Waals surface area contributed by atoms with Crippen LogP contribution >= 0.6 is 11.3 Å². The fourth-order valence-corrected chi connectivity index (χ4v) is 2.20. The quantitative estimate of drug-likeness (QED) is 0.882. The van der Waals surface area contributed by atoms with Gasteiger partial charge in [-0.1, -0.05) is 19.9 Å². The number of aromatic nitrogens is 2. The number of thiophene rings is 1. The molecule has 0 fully saturated rings. The molecule has 0 atom stereocenters. The zero-order valence-corrected chi connectivity index (χ0v) is 11.0. The maximum atomic E-state index is 4.55. The van der Waals surface area contributed by atoms with Crippen LogP contribution in [0.3, 0.4) is 0 Å². The molecule has 0 aromatic carbocycles. The molecule has 0 saturated heterocycles. The largest absolute Gasteiger partial charge is 0.309 e. The van der Waals surface area contributed by atoms with Crippen molar-refractivity contribution in [3.05, 3.63) is 46.2 Å². The van der Waals surface area contributed by atoms with Crippen molar-refractivity contribution >= 4 is 11.3 Å². The molecule has 0 amide bonds. The first kappa shape index (κ1) is 12.2. The lowest BCUT2D eigenvalue weighted by Crippen LogP contribution is -2.22. The van der Waals surface area contributed by atoms with Gasteiger partial charge in [-0.25, -0.2) is 9.97 Å². The van der Waals surface area contributed by atoms with Crippen molar-refractivity contribution in [3.8, 4) is 0 Å². The number of nitrogens with one attached hydrogen (secondary N) is 1. The van der Waals surface area contributed by atoms with Crippen LogP contribution in [0.15, 0.2) is 29.8 Å². The first-order valence-corrected chi connectivity index (χ1v) is 6.68. The Bertz CT molecular complexity index is 451. The highest BCUT2D eigenvalue weighted by molar-refractivity contribution is 7.09. The maximum Gasteiger partial charge on any atom is 0.133 e. The Hall–Kier alpha value is -1.26. The average Bonchev–Trinajstić information content (AvgIpc) is 2.80. The van der Waals surface area contributed by atoms with Crippen LogP contribution in [-0.2, 0) is 13.0 Å². The van der Waals surface area contributed by atoms with Crippen molar-refractivity contribution in [2.24, 2.45) is 0 Å². The second-order valence-corrected chi connectivity index (χ2v) is 5.29. The highest BCUT2D eigenvalue weighted by Gasteiger charge is 2.02. The summed E-state index contributed by atoms with van der Waals surface area (Å²) in [4.78, 5) is 10.2. The molecule has 0 radical (unpaired) electrons. The fraction of sp³-hybridized carbons (Fsp3) is 0.385. The maximum absolute atomic E-state index is 4.55. The van der Waals surface area contributed by atoms with Crippen LogP contribution in [-0.4, -0.2) is 16.0 Å². The van der Waals surface area contributed by atoms with E-state index in [-0.39, 0.29) is 0 Å². The van der Waals surface area contributed by atoms with E-state index in [1.807, 2.05) is 12.3 Å². The molecule has 1 N–H and O–H groups in total. The van der Waals surface area contributed by atoms with Crippen LogP contribution in [0.25, 0.3) is 0 Å². The Kier molecular flexibility index (Phi) is 4.23. The SMILES string of the molecule is CC(C)NCc1ccnc(Cc2cccs2)n1. The van der Waals surface area contributed by atoms with Gasteiger partial charge in [0.15, 0.2) is 0 Å². The zero-order valence-electron chi connectivity index (χ0n) is 10.2. The summed E-state index contributed by atoms with van der Waals surface area (Å²) in [5.74, 6) is 0.899. The van der Waals surface area contributed by atoms with Crippen LogP contribution in [0.4, 0.5) is 0 Å². The van der Waals surface area contributed by atoms with E-state index >= 15 is 0 Å². The van der Waals surface area contributed by atoms with E-state index in [1.54, 1.807) is 11.3 Å². The zero-order chi connectivity index (χ0) is 12.1. The Morgan fingerprint density at radius 2 is 2.24 bits per heavy atom. The van der Waals surface area contributed by atoms with E-state index in [0.717, 1.165) is 24.5 Å². The average molecular weight is 247 g/mol. The van der Waals surface area contributed by atoms with Crippen molar-refractivity contribution in [2.75, 3.05) is 0 Å². The van der Waals surface area contributed by atoms with E-state index in [0.29, 0.717) is 6.04 Å². The number of nitrogens with zero attached hydrogens (tertiary/aromatic N) is 2. The molecule has 0 saturated carbocycles. The van der Waals surface area contributed by atoms with Crippen LogP contribution in [0.5, 0.6) is 0 Å². The van der Waals surface area contributed by atoms with Gasteiger partial charge in [-0.2, -0.15) is 0 Å². The van der Waals surface area contributed by atoms with Gasteiger partial charge in [0.25, 0.3) is 0 Å². The van der Waals surface area contributed by atoms with Crippen molar-refractivity contribution in [3.63, 3.8) is 0 Å². The van der Waals surface area contributed by atoms with Crippen LogP contribution in [0.2, 0.25) is 0 Å². The first-order valence-electron chi connectivity index (χ1n) is 5.80. The molecule has 4 heteroatoms. The molecular formula is C13H17N3S. The molecule has 90 valence electrons. The van der Waals surface area contributed by atoms with Gasteiger partial charge in [0, 0.05) is 30.1 Å². The molecule has 0 spiro atoms. The molecule has 2 aromatic rings. The van der Waals surface area contributed by atoms with E-state index in [2.05, 4.69) is 46.6 Å². The minimum absolute atomic E-state index is 0.478. The number of rotatable bonds is 5. The molecule has 0 aliphatic heterocycles. The summed E-state index contributed by atoms with van der Waals surface area (Å²) in [5.41, 5.74) is 1.06. The van der Waals surface area contributed by atoms with Gasteiger partial charge in [-0.3, -0.25) is 0 Å². The molecule has 0 aliphatic carbocycles. The van der Waals surface area contributed by atoms with E-state index in [4.69, 9.17) is 0 Å². The molecule has 0 aliphatic rings. The Morgan fingerprint density at radius 1 is 1.35 bits per heavy atom. The predicted molar refractivity (Wildman–Crippen MR) is 71.1 cm³/mol. The molecule has 2 heterocycles.